The van der Waals surface area contributed by atoms with Gasteiger partial charge in [-0.3, -0.25) is 4.79 Å². The molecule has 8 heteroatoms. The van der Waals surface area contributed by atoms with Crippen LogP contribution in [0.1, 0.15) is 12.5 Å². The van der Waals surface area contributed by atoms with Crippen molar-refractivity contribution in [1.29, 1.82) is 0 Å². The van der Waals surface area contributed by atoms with E-state index in [2.05, 4.69) is 10.4 Å². The van der Waals surface area contributed by atoms with E-state index in [9.17, 15) is 4.79 Å². The summed E-state index contributed by atoms with van der Waals surface area (Å²) >= 11 is 0. The van der Waals surface area contributed by atoms with Gasteiger partial charge >= 0.3 is 0 Å². The van der Waals surface area contributed by atoms with E-state index in [0.29, 0.717) is 29.6 Å². The number of carbonyl (C=O) groups is 1. The Kier molecular flexibility index (Phi) is 6.24. The Bertz CT molecular complexity index is 729. The Hall–Kier alpha value is -2.74. The van der Waals surface area contributed by atoms with Gasteiger partial charge in [0.05, 0.1) is 34.1 Å². The normalized spacial score (nSPS) is 11.7. The first-order chi connectivity index (χ1) is 12.0. The molecule has 0 radical (unpaired) electrons. The minimum absolute atomic E-state index is 0.150. The van der Waals surface area contributed by atoms with Crippen molar-refractivity contribution in [3.05, 3.63) is 30.0 Å². The van der Waals surface area contributed by atoms with E-state index < -0.39 is 0 Å². The van der Waals surface area contributed by atoms with E-state index >= 15 is 0 Å². The fraction of sp³-hybridized carbons (Fsp3) is 0.412. The zero-order valence-electron chi connectivity index (χ0n) is 14.9. The molecule has 0 fully saturated rings. The Balaban J connectivity index is 2.29. The van der Waals surface area contributed by atoms with Crippen LogP contribution in [-0.4, -0.2) is 43.6 Å². The molecule has 8 nitrogen and oxygen atoms in total. The van der Waals surface area contributed by atoms with E-state index in [0.717, 1.165) is 5.56 Å². The molecule has 0 aliphatic carbocycles. The van der Waals surface area contributed by atoms with Gasteiger partial charge in [-0.2, -0.15) is 5.10 Å². The van der Waals surface area contributed by atoms with Crippen LogP contribution >= 0.6 is 0 Å². The highest BCUT2D eigenvalue weighted by Gasteiger charge is 2.18. The van der Waals surface area contributed by atoms with Crippen LogP contribution in [0.4, 0.5) is 5.82 Å². The van der Waals surface area contributed by atoms with Crippen molar-refractivity contribution in [2.24, 2.45) is 11.7 Å². The Morgan fingerprint density at radius 2 is 1.92 bits per heavy atom. The molecule has 1 atom stereocenters. The molecule has 1 aromatic heterocycles. The highest BCUT2D eigenvalue weighted by Crippen LogP contribution is 2.40. The summed E-state index contributed by atoms with van der Waals surface area (Å²) < 4.78 is 17.8. The summed E-state index contributed by atoms with van der Waals surface area (Å²) in [7, 11) is 4.68. The van der Waals surface area contributed by atoms with E-state index in [1.807, 2.05) is 6.07 Å². The van der Waals surface area contributed by atoms with Crippen molar-refractivity contribution >= 4 is 11.7 Å². The number of nitrogens with one attached hydrogen (secondary N) is 1. The van der Waals surface area contributed by atoms with Gasteiger partial charge in [-0.15, -0.1) is 0 Å². The summed E-state index contributed by atoms with van der Waals surface area (Å²) in [6.07, 6.45) is 1.62. The van der Waals surface area contributed by atoms with Crippen molar-refractivity contribution in [1.82, 2.24) is 9.78 Å². The number of methoxy groups -OCH3 is 3. The summed E-state index contributed by atoms with van der Waals surface area (Å²) in [4.78, 5) is 12.1. The van der Waals surface area contributed by atoms with Gasteiger partial charge in [0, 0.05) is 24.1 Å². The number of hydrogen-bond acceptors (Lipinski definition) is 6. The van der Waals surface area contributed by atoms with Crippen LogP contribution in [0.3, 0.4) is 0 Å². The van der Waals surface area contributed by atoms with Gasteiger partial charge in [0.1, 0.15) is 5.82 Å². The number of nitrogens with two attached hydrogens (primary N) is 1. The van der Waals surface area contributed by atoms with Crippen LogP contribution in [0.2, 0.25) is 0 Å². The maximum atomic E-state index is 12.1. The third kappa shape index (κ3) is 4.03. The second-order valence-corrected chi connectivity index (χ2v) is 5.49. The van der Waals surface area contributed by atoms with Crippen molar-refractivity contribution in [2.45, 2.75) is 13.5 Å². The predicted molar refractivity (Wildman–Crippen MR) is 94.3 cm³/mol. The van der Waals surface area contributed by atoms with Crippen molar-refractivity contribution in [2.75, 3.05) is 33.2 Å². The predicted octanol–water partition coefficient (Wildman–Crippen LogP) is 1.49. The van der Waals surface area contributed by atoms with Crippen LogP contribution in [0, 0.1) is 5.92 Å². The number of hydrogen-bond donors (Lipinski definition) is 2. The topological polar surface area (TPSA) is 101 Å². The van der Waals surface area contributed by atoms with E-state index in [-0.39, 0.29) is 18.4 Å². The highest BCUT2D eigenvalue weighted by molar-refractivity contribution is 5.91. The quantitative estimate of drug-likeness (QED) is 0.750. The third-order valence-electron chi connectivity index (χ3n) is 3.87. The van der Waals surface area contributed by atoms with Gasteiger partial charge in [0.2, 0.25) is 11.7 Å². The number of ether oxygens (including phenoxy) is 3. The third-order valence-corrected chi connectivity index (χ3v) is 3.87. The molecule has 1 amide bonds. The second-order valence-electron chi connectivity index (χ2n) is 5.49. The Morgan fingerprint density at radius 1 is 1.20 bits per heavy atom. The van der Waals surface area contributed by atoms with Crippen LogP contribution in [0.5, 0.6) is 17.2 Å². The summed E-state index contributed by atoms with van der Waals surface area (Å²) in [5.74, 6) is 1.81. The number of aromatic nitrogens is 2. The minimum Gasteiger partial charge on any atom is -0.493 e. The van der Waals surface area contributed by atoms with Crippen LogP contribution < -0.4 is 25.3 Å². The summed E-state index contributed by atoms with van der Waals surface area (Å²) in [6.45, 7) is 2.44. The molecule has 0 aliphatic rings. The lowest BCUT2D eigenvalue weighted by molar-refractivity contribution is -0.119. The fourth-order valence-electron chi connectivity index (χ4n) is 2.37. The average Bonchev–Trinajstić information content (AvgIpc) is 3.06. The zero-order valence-corrected chi connectivity index (χ0v) is 14.9. The molecule has 0 aliphatic heterocycles. The molecular weight excluding hydrogens is 324 g/mol. The molecule has 2 aromatic rings. The molecule has 1 aromatic carbocycles. The molecular formula is C17H24N4O4. The zero-order chi connectivity index (χ0) is 18.4. The lowest BCUT2D eigenvalue weighted by Crippen LogP contribution is -2.27. The number of anilines is 1. The molecule has 1 unspecified atom stereocenters. The van der Waals surface area contributed by atoms with Crippen molar-refractivity contribution in [3.8, 4) is 17.2 Å². The van der Waals surface area contributed by atoms with Gasteiger partial charge < -0.3 is 25.3 Å². The molecule has 25 heavy (non-hydrogen) atoms. The fourth-order valence-corrected chi connectivity index (χ4v) is 2.37. The molecule has 1 heterocycles. The maximum Gasteiger partial charge on any atom is 0.229 e. The smallest absolute Gasteiger partial charge is 0.229 e. The number of nitrogens with zero attached hydrogens (tertiary/aromatic N) is 2. The lowest BCUT2D eigenvalue weighted by atomic mass is 10.1. The maximum absolute atomic E-state index is 12.1. The number of benzene rings is 1. The number of carbonyl (C=O) groups excluding carboxylic acids is 1. The lowest BCUT2D eigenvalue weighted by Gasteiger charge is -2.17. The molecule has 2 rings (SSSR count). The van der Waals surface area contributed by atoms with Gasteiger partial charge in [-0.25, -0.2) is 4.68 Å². The molecule has 3 N–H and O–H groups in total. The van der Waals surface area contributed by atoms with E-state index in [4.69, 9.17) is 19.9 Å². The largest absolute Gasteiger partial charge is 0.493 e. The van der Waals surface area contributed by atoms with Crippen LogP contribution in [0.15, 0.2) is 24.4 Å². The first kappa shape index (κ1) is 18.6. The number of rotatable bonds is 8. The van der Waals surface area contributed by atoms with E-state index in [1.165, 1.54) is 0 Å². The molecule has 0 saturated carbocycles. The van der Waals surface area contributed by atoms with Gasteiger partial charge in [-0.1, -0.05) is 6.92 Å². The Labute approximate surface area is 146 Å². The Morgan fingerprint density at radius 3 is 2.52 bits per heavy atom. The summed E-state index contributed by atoms with van der Waals surface area (Å²) in [5, 5.41) is 7.10. The monoisotopic (exact) mass is 348 g/mol. The van der Waals surface area contributed by atoms with Gasteiger partial charge in [-0.05, 0) is 12.1 Å². The first-order valence-electron chi connectivity index (χ1n) is 7.86. The standard InChI is InChI=1S/C17H24N4O4/c1-11(9-18)17(22)20-14-7-8-19-21(14)10-12-5-6-13(23-2)16(25-4)15(12)24-3/h5-8,11H,9-10,18H2,1-4H3,(H,20,22). The summed E-state index contributed by atoms with van der Waals surface area (Å²) in [5.41, 5.74) is 6.37. The molecule has 0 bridgehead atoms. The van der Waals surface area contributed by atoms with Crippen LogP contribution in [0.25, 0.3) is 0 Å². The average molecular weight is 348 g/mol. The van der Waals surface area contributed by atoms with Gasteiger partial charge in [0.25, 0.3) is 0 Å². The number of amides is 1. The first-order valence-corrected chi connectivity index (χ1v) is 7.86. The van der Waals surface area contributed by atoms with Crippen LogP contribution in [-0.2, 0) is 11.3 Å². The SMILES string of the molecule is COc1ccc(Cn2nccc2NC(=O)C(C)CN)c(OC)c1OC. The van der Waals surface area contributed by atoms with E-state index in [1.54, 1.807) is 51.3 Å². The summed E-state index contributed by atoms with van der Waals surface area (Å²) in [6, 6.07) is 5.40. The molecule has 0 saturated heterocycles. The van der Waals surface area contributed by atoms with Crippen molar-refractivity contribution < 1.29 is 19.0 Å². The highest BCUT2D eigenvalue weighted by atomic mass is 16.5. The minimum atomic E-state index is -0.279. The second kappa shape index (κ2) is 8.39. The molecule has 0 spiro atoms. The molecule has 136 valence electrons. The van der Waals surface area contributed by atoms with Gasteiger partial charge in [0.15, 0.2) is 11.5 Å². The van der Waals surface area contributed by atoms with Crippen molar-refractivity contribution in [3.63, 3.8) is 0 Å².